The van der Waals surface area contributed by atoms with E-state index >= 15 is 0 Å². The number of fused-ring (bicyclic) bond motifs is 3. The minimum atomic E-state index is -1.71. The van der Waals surface area contributed by atoms with Crippen LogP contribution >= 0.6 is 0 Å². The molecule has 1 aromatic rings. The number of nitrogens with one attached hydrogen (secondary N) is 1. The van der Waals surface area contributed by atoms with Gasteiger partial charge in [0.1, 0.15) is 17.2 Å². The van der Waals surface area contributed by atoms with E-state index in [0.29, 0.717) is 29.9 Å². The molecule has 0 fully saturated rings. The SMILES string of the molecule is CCCCOC(=O)C1=C(N)Nc2ccccc2[C@]12C(=O)OC1=C2C(=O)CC(C)(C)C1. The Morgan fingerprint density at radius 2 is 1.97 bits per heavy atom. The molecule has 0 radical (unpaired) electrons. The van der Waals surface area contributed by atoms with Gasteiger partial charge in [-0.3, -0.25) is 4.79 Å². The van der Waals surface area contributed by atoms with Crippen LogP contribution in [0, 0.1) is 5.41 Å². The van der Waals surface area contributed by atoms with Crippen molar-refractivity contribution in [2.45, 2.75) is 51.9 Å². The largest absolute Gasteiger partial charge is 0.462 e. The second-order valence-electron chi connectivity index (χ2n) is 8.83. The second kappa shape index (κ2) is 7.00. The van der Waals surface area contributed by atoms with Crippen molar-refractivity contribution in [1.29, 1.82) is 0 Å². The van der Waals surface area contributed by atoms with Crippen LogP contribution in [0.5, 0.6) is 0 Å². The van der Waals surface area contributed by atoms with Gasteiger partial charge in [0, 0.05) is 24.1 Å². The van der Waals surface area contributed by atoms with Crippen molar-refractivity contribution >= 4 is 23.4 Å². The number of benzene rings is 1. The van der Waals surface area contributed by atoms with Crippen molar-refractivity contribution in [3.05, 3.63) is 52.6 Å². The lowest BCUT2D eigenvalue weighted by Crippen LogP contribution is -2.48. The first-order valence-electron chi connectivity index (χ1n) is 10.3. The predicted molar refractivity (Wildman–Crippen MR) is 110 cm³/mol. The predicted octanol–water partition coefficient (Wildman–Crippen LogP) is 3.06. The average Bonchev–Trinajstić information content (AvgIpc) is 2.93. The Kier molecular flexibility index (Phi) is 4.71. The van der Waals surface area contributed by atoms with Crippen molar-refractivity contribution in [3.8, 4) is 0 Å². The third-order valence-electron chi connectivity index (χ3n) is 5.91. The van der Waals surface area contributed by atoms with E-state index in [0.717, 1.165) is 6.42 Å². The highest BCUT2D eigenvalue weighted by Crippen LogP contribution is 2.56. The Morgan fingerprint density at radius 1 is 1.23 bits per heavy atom. The molecule has 0 saturated heterocycles. The van der Waals surface area contributed by atoms with E-state index in [1.165, 1.54) is 0 Å². The van der Waals surface area contributed by atoms with Gasteiger partial charge < -0.3 is 20.5 Å². The van der Waals surface area contributed by atoms with E-state index < -0.39 is 17.4 Å². The summed E-state index contributed by atoms with van der Waals surface area (Å²) in [4.78, 5) is 40.0. The van der Waals surface area contributed by atoms with E-state index in [2.05, 4.69) is 5.32 Å². The number of allylic oxidation sites excluding steroid dienone is 1. The molecule has 3 aliphatic rings. The molecular weight excluding hydrogens is 384 g/mol. The van der Waals surface area contributed by atoms with E-state index in [9.17, 15) is 14.4 Å². The summed E-state index contributed by atoms with van der Waals surface area (Å²) in [5, 5.41) is 2.99. The molecule has 0 amide bonds. The number of ether oxygens (including phenoxy) is 2. The molecule has 158 valence electrons. The van der Waals surface area contributed by atoms with Crippen LogP contribution in [-0.2, 0) is 29.3 Å². The van der Waals surface area contributed by atoms with E-state index in [4.69, 9.17) is 15.2 Å². The number of hydrogen-bond acceptors (Lipinski definition) is 7. The number of carbonyl (C=O) groups excluding carboxylic acids is 3. The lowest BCUT2D eigenvalue weighted by atomic mass is 9.62. The van der Waals surface area contributed by atoms with Crippen LogP contribution < -0.4 is 11.1 Å². The second-order valence-corrected chi connectivity index (χ2v) is 8.83. The maximum absolute atomic E-state index is 13.5. The Labute approximate surface area is 175 Å². The first-order chi connectivity index (χ1) is 14.2. The molecule has 30 heavy (non-hydrogen) atoms. The molecule has 1 spiro atoms. The number of anilines is 1. The number of rotatable bonds is 4. The molecule has 1 aromatic carbocycles. The number of nitrogens with two attached hydrogens (primary N) is 1. The molecule has 3 N–H and O–H groups in total. The zero-order valence-electron chi connectivity index (χ0n) is 17.5. The molecule has 0 bridgehead atoms. The van der Waals surface area contributed by atoms with Crippen LogP contribution in [0.15, 0.2) is 47.0 Å². The quantitative estimate of drug-likeness (QED) is 0.580. The highest BCUT2D eigenvalue weighted by molar-refractivity contribution is 6.18. The number of ketones is 1. The average molecular weight is 410 g/mol. The lowest BCUT2D eigenvalue weighted by Gasteiger charge is -2.38. The summed E-state index contributed by atoms with van der Waals surface area (Å²) < 4.78 is 11.1. The fraction of sp³-hybridized carbons (Fsp3) is 0.435. The number of para-hydroxylation sites is 1. The first-order valence-corrected chi connectivity index (χ1v) is 10.3. The maximum Gasteiger partial charge on any atom is 0.339 e. The third-order valence-corrected chi connectivity index (χ3v) is 5.91. The number of unbranched alkanes of at least 4 members (excludes halogenated alkanes) is 1. The molecule has 2 aliphatic heterocycles. The van der Waals surface area contributed by atoms with Crippen molar-refractivity contribution in [3.63, 3.8) is 0 Å². The number of hydrogen-bond donors (Lipinski definition) is 2. The summed E-state index contributed by atoms with van der Waals surface area (Å²) in [7, 11) is 0. The van der Waals surface area contributed by atoms with Gasteiger partial charge in [-0.2, -0.15) is 0 Å². The van der Waals surface area contributed by atoms with Crippen LogP contribution in [-0.4, -0.2) is 24.3 Å². The van der Waals surface area contributed by atoms with Crippen LogP contribution in [0.3, 0.4) is 0 Å². The Bertz CT molecular complexity index is 1020. The van der Waals surface area contributed by atoms with Gasteiger partial charge >= 0.3 is 11.9 Å². The maximum atomic E-state index is 13.5. The molecule has 7 nitrogen and oxygen atoms in total. The van der Waals surface area contributed by atoms with Crippen molar-refractivity contribution in [1.82, 2.24) is 0 Å². The number of Topliss-reactive ketones (excluding diaryl/α,β-unsaturated/α-hetero) is 1. The molecule has 4 rings (SSSR count). The van der Waals surface area contributed by atoms with Gasteiger partial charge in [0.15, 0.2) is 11.2 Å². The van der Waals surface area contributed by atoms with Crippen LogP contribution in [0.1, 0.15) is 52.0 Å². The highest BCUT2D eigenvalue weighted by atomic mass is 16.5. The molecule has 0 unspecified atom stereocenters. The van der Waals surface area contributed by atoms with Gasteiger partial charge in [-0.05, 0) is 17.9 Å². The van der Waals surface area contributed by atoms with E-state index in [-0.39, 0.29) is 41.2 Å². The van der Waals surface area contributed by atoms with Crippen molar-refractivity contribution in [2.24, 2.45) is 11.1 Å². The molecule has 0 aromatic heterocycles. The minimum Gasteiger partial charge on any atom is -0.462 e. The minimum absolute atomic E-state index is 0.00136. The fourth-order valence-electron chi connectivity index (χ4n) is 4.64. The number of esters is 2. The van der Waals surface area contributed by atoms with E-state index in [1.807, 2.05) is 20.8 Å². The molecule has 1 atom stereocenters. The zero-order valence-corrected chi connectivity index (χ0v) is 17.5. The van der Waals surface area contributed by atoms with E-state index in [1.54, 1.807) is 24.3 Å². The molecule has 1 aliphatic carbocycles. The van der Waals surface area contributed by atoms with Gasteiger partial charge in [-0.1, -0.05) is 45.4 Å². The number of carbonyl (C=O) groups is 3. The van der Waals surface area contributed by atoms with Crippen molar-refractivity contribution in [2.75, 3.05) is 11.9 Å². The molecule has 0 saturated carbocycles. The Morgan fingerprint density at radius 3 is 2.70 bits per heavy atom. The van der Waals surface area contributed by atoms with Gasteiger partial charge in [0.05, 0.1) is 12.2 Å². The Hall–Kier alpha value is -3.09. The van der Waals surface area contributed by atoms with Gasteiger partial charge in [0.2, 0.25) is 0 Å². The van der Waals surface area contributed by atoms with Crippen LogP contribution in [0.25, 0.3) is 0 Å². The van der Waals surface area contributed by atoms with Crippen LogP contribution in [0.2, 0.25) is 0 Å². The summed E-state index contributed by atoms with van der Waals surface area (Å²) in [6, 6.07) is 7.02. The van der Waals surface area contributed by atoms with Crippen molar-refractivity contribution < 1.29 is 23.9 Å². The topological polar surface area (TPSA) is 108 Å². The summed E-state index contributed by atoms with van der Waals surface area (Å²) in [6.45, 7) is 6.09. The molecular formula is C23H26N2O5. The standard InChI is InChI=1S/C23H26N2O5/c1-4-5-10-29-20(27)18-19(24)25-14-9-7-6-8-13(14)23(18)17-15(26)11-22(2,3)12-16(17)30-21(23)28/h6-9,25H,4-5,10-12,24H2,1-3H3/t23-/m1/s1. The summed E-state index contributed by atoms with van der Waals surface area (Å²) in [5.74, 6) is -1.29. The van der Waals surface area contributed by atoms with Gasteiger partial charge in [-0.15, -0.1) is 0 Å². The smallest absolute Gasteiger partial charge is 0.339 e. The molecule has 2 heterocycles. The van der Waals surface area contributed by atoms with Crippen LogP contribution in [0.4, 0.5) is 5.69 Å². The fourth-order valence-corrected chi connectivity index (χ4v) is 4.64. The summed E-state index contributed by atoms with van der Waals surface area (Å²) in [6.07, 6.45) is 2.20. The first kappa shape index (κ1) is 20.2. The summed E-state index contributed by atoms with van der Waals surface area (Å²) in [5.41, 5.74) is 5.39. The highest BCUT2D eigenvalue weighted by Gasteiger charge is 2.64. The Balaban J connectivity index is 1.96. The summed E-state index contributed by atoms with van der Waals surface area (Å²) >= 11 is 0. The van der Waals surface area contributed by atoms with Gasteiger partial charge in [-0.25, -0.2) is 9.59 Å². The zero-order chi connectivity index (χ0) is 21.7. The normalized spacial score (nSPS) is 24.4. The third kappa shape index (κ3) is 2.83. The lowest BCUT2D eigenvalue weighted by molar-refractivity contribution is -0.146. The van der Waals surface area contributed by atoms with Gasteiger partial charge in [0.25, 0.3) is 0 Å². The monoisotopic (exact) mass is 410 g/mol. The molecule has 7 heteroatoms.